The van der Waals surface area contributed by atoms with Gasteiger partial charge in [-0.15, -0.1) is 0 Å². The summed E-state index contributed by atoms with van der Waals surface area (Å²) >= 11 is 0. The summed E-state index contributed by atoms with van der Waals surface area (Å²) in [5.41, 5.74) is 2.22. The van der Waals surface area contributed by atoms with Crippen molar-refractivity contribution in [2.24, 2.45) is 9.98 Å². The molecule has 0 aromatic heterocycles. The van der Waals surface area contributed by atoms with Crippen molar-refractivity contribution in [2.75, 3.05) is 14.1 Å². The number of aliphatic imine (C=N–C) groups is 2. The summed E-state index contributed by atoms with van der Waals surface area (Å²) < 4.78 is 0. The van der Waals surface area contributed by atoms with Crippen molar-refractivity contribution in [1.29, 1.82) is 0 Å². The molecule has 0 spiro atoms. The van der Waals surface area contributed by atoms with Crippen molar-refractivity contribution in [3.8, 4) is 0 Å². The van der Waals surface area contributed by atoms with E-state index in [1.54, 1.807) is 13.2 Å². The van der Waals surface area contributed by atoms with Crippen molar-refractivity contribution in [2.45, 2.75) is 20.8 Å². The van der Waals surface area contributed by atoms with E-state index in [4.69, 9.17) is 0 Å². The minimum atomic E-state index is 0.944. The minimum Gasteiger partial charge on any atom is -0.336 e. The van der Waals surface area contributed by atoms with E-state index in [1.807, 2.05) is 38.9 Å². The van der Waals surface area contributed by atoms with Crippen molar-refractivity contribution >= 4 is 12.6 Å². The van der Waals surface area contributed by atoms with Gasteiger partial charge in [-0.1, -0.05) is 13.8 Å². The Labute approximate surface area is 86.6 Å². The van der Waals surface area contributed by atoms with Crippen LogP contribution >= 0.6 is 0 Å². The Morgan fingerprint density at radius 1 is 1.43 bits per heavy atom. The van der Waals surface area contributed by atoms with Crippen LogP contribution in [0.15, 0.2) is 33.5 Å². The molecule has 0 aromatic carbocycles. The van der Waals surface area contributed by atoms with Crippen LogP contribution in [-0.4, -0.2) is 31.5 Å². The highest BCUT2D eigenvalue weighted by atomic mass is 15.2. The van der Waals surface area contributed by atoms with Crippen LogP contribution in [0.3, 0.4) is 0 Å². The van der Waals surface area contributed by atoms with Crippen molar-refractivity contribution < 1.29 is 0 Å². The fraction of sp³-hybridized carbons (Fsp3) is 0.455. The Morgan fingerprint density at radius 2 is 2.00 bits per heavy atom. The summed E-state index contributed by atoms with van der Waals surface area (Å²) in [7, 11) is 3.74. The van der Waals surface area contributed by atoms with E-state index in [1.165, 1.54) is 5.57 Å². The molecule has 1 aliphatic heterocycles. The molecule has 78 valence electrons. The van der Waals surface area contributed by atoms with Gasteiger partial charge in [0.1, 0.15) is 5.84 Å². The quantitative estimate of drug-likeness (QED) is 0.588. The maximum absolute atomic E-state index is 4.15. The average Bonchev–Trinajstić information content (AvgIpc) is 2.45. The fourth-order valence-corrected chi connectivity index (χ4v) is 1.32. The molecule has 0 radical (unpaired) electrons. The van der Waals surface area contributed by atoms with E-state index in [0.29, 0.717) is 0 Å². The van der Waals surface area contributed by atoms with Gasteiger partial charge in [0.2, 0.25) is 0 Å². The van der Waals surface area contributed by atoms with Crippen molar-refractivity contribution in [3.05, 3.63) is 23.5 Å². The molecule has 3 heteroatoms. The van der Waals surface area contributed by atoms with Gasteiger partial charge in [-0.05, 0) is 19.2 Å². The van der Waals surface area contributed by atoms with Crippen molar-refractivity contribution in [3.63, 3.8) is 0 Å². The SMILES string of the molecule is C=N/C=C1/C(C)=CN(C)C1=NC.CC. The Morgan fingerprint density at radius 3 is 2.43 bits per heavy atom. The zero-order chi connectivity index (χ0) is 11.1. The molecule has 0 bridgehead atoms. The number of likely N-dealkylation sites (N-methyl/N-ethyl adjacent to an activating group) is 1. The van der Waals surface area contributed by atoms with E-state index >= 15 is 0 Å². The molecule has 0 N–H and O–H groups in total. The molecule has 3 nitrogen and oxygen atoms in total. The van der Waals surface area contributed by atoms with E-state index in [0.717, 1.165) is 11.4 Å². The Kier molecular flexibility index (Phi) is 5.53. The maximum Gasteiger partial charge on any atom is 0.136 e. The largest absolute Gasteiger partial charge is 0.336 e. The monoisotopic (exact) mass is 193 g/mol. The lowest BCUT2D eigenvalue weighted by Gasteiger charge is -2.08. The van der Waals surface area contributed by atoms with Crippen LogP contribution in [0.1, 0.15) is 20.8 Å². The van der Waals surface area contributed by atoms with Gasteiger partial charge in [0.25, 0.3) is 0 Å². The summed E-state index contributed by atoms with van der Waals surface area (Å²) in [6, 6.07) is 0. The Balaban J connectivity index is 0.000000791. The first-order chi connectivity index (χ1) is 6.70. The first-order valence-corrected chi connectivity index (χ1v) is 4.75. The molecule has 0 aromatic rings. The van der Waals surface area contributed by atoms with Crippen molar-refractivity contribution in [1.82, 2.24) is 4.90 Å². The molecule has 1 heterocycles. The first kappa shape index (κ1) is 12.6. The lowest BCUT2D eigenvalue weighted by Crippen LogP contribution is -2.16. The third kappa shape index (κ3) is 2.55. The van der Waals surface area contributed by atoms with Gasteiger partial charge < -0.3 is 4.90 Å². The van der Waals surface area contributed by atoms with Gasteiger partial charge in [0.05, 0.1) is 0 Å². The van der Waals surface area contributed by atoms with E-state index in [2.05, 4.69) is 16.7 Å². The predicted molar refractivity (Wildman–Crippen MR) is 63.9 cm³/mol. The van der Waals surface area contributed by atoms with Crippen LogP contribution in [-0.2, 0) is 0 Å². The number of amidine groups is 1. The third-order valence-corrected chi connectivity index (χ3v) is 1.82. The standard InChI is InChI=1S/C9H13N3.C2H6/c1-7-6-12(4)9(11-3)8(7)5-10-2;1-2/h5-6H,2H2,1,3-4H3;1-2H3/b8-5-,11-9?;. The second kappa shape index (κ2) is 6.13. The maximum atomic E-state index is 4.15. The lowest BCUT2D eigenvalue weighted by molar-refractivity contribution is 0.701. The first-order valence-electron chi connectivity index (χ1n) is 4.75. The average molecular weight is 193 g/mol. The highest BCUT2D eigenvalue weighted by Gasteiger charge is 2.18. The van der Waals surface area contributed by atoms with Crippen LogP contribution in [0.25, 0.3) is 0 Å². The van der Waals surface area contributed by atoms with E-state index < -0.39 is 0 Å². The van der Waals surface area contributed by atoms with Gasteiger partial charge in [-0.3, -0.25) is 9.98 Å². The molecule has 0 fully saturated rings. The highest BCUT2D eigenvalue weighted by Crippen LogP contribution is 2.21. The number of rotatable bonds is 1. The summed E-state index contributed by atoms with van der Waals surface area (Å²) in [6.07, 6.45) is 3.76. The van der Waals surface area contributed by atoms with Crippen LogP contribution in [0.5, 0.6) is 0 Å². The van der Waals surface area contributed by atoms with Gasteiger partial charge >= 0.3 is 0 Å². The molecule has 14 heavy (non-hydrogen) atoms. The summed E-state index contributed by atoms with van der Waals surface area (Å²) in [4.78, 5) is 9.87. The van der Waals surface area contributed by atoms with E-state index in [-0.39, 0.29) is 0 Å². The molecule has 0 amide bonds. The molecule has 0 aliphatic carbocycles. The zero-order valence-corrected chi connectivity index (χ0v) is 9.70. The van der Waals surface area contributed by atoms with Crippen LogP contribution in [0.2, 0.25) is 0 Å². The molecule has 1 aliphatic rings. The summed E-state index contributed by atoms with van der Waals surface area (Å²) in [5.74, 6) is 0.944. The van der Waals surface area contributed by atoms with Gasteiger partial charge in [0, 0.05) is 32.1 Å². The number of hydrogen-bond donors (Lipinski definition) is 0. The third-order valence-electron chi connectivity index (χ3n) is 1.82. The van der Waals surface area contributed by atoms with Gasteiger partial charge in [0.15, 0.2) is 0 Å². The van der Waals surface area contributed by atoms with E-state index in [9.17, 15) is 0 Å². The summed E-state index contributed by atoms with van der Waals surface area (Å²) in [6.45, 7) is 9.46. The number of hydrogen-bond acceptors (Lipinski definition) is 2. The lowest BCUT2D eigenvalue weighted by atomic mass is 10.1. The second-order valence-corrected chi connectivity index (χ2v) is 2.70. The van der Waals surface area contributed by atoms with Crippen LogP contribution < -0.4 is 0 Å². The minimum absolute atomic E-state index is 0.944. The van der Waals surface area contributed by atoms with Gasteiger partial charge in [-0.25, -0.2) is 0 Å². The molecule has 0 atom stereocenters. The highest BCUT2D eigenvalue weighted by molar-refractivity contribution is 6.05. The fourth-order valence-electron chi connectivity index (χ4n) is 1.32. The molecule has 0 unspecified atom stereocenters. The normalized spacial score (nSPS) is 20.6. The molecule has 1 rings (SSSR count). The molecule has 0 saturated carbocycles. The Hall–Kier alpha value is -1.38. The Bertz CT molecular complexity index is 285. The topological polar surface area (TPSA) is 28.0 Å². The summed E-state index contributed by atoms with van der Waals surface area (Å²) in [5, 5.41) is 0. The zero-order valence-electron chi connectivity index (χ0n) is 9.70. The van der Waals surface area contributed by atoms with Gasteiger partial charge in [-0.2, -0.15) is 0 Å². The number of nitrogens with zero attached hydrogens (tertiary/aromatic N) is 3. The smallest absolute Gasteiger partial charge is 0.136 e. The predicted octanol–water partition coefficient (Wildman–Crippen LogP) is 2.47. The molecular formula is C11H19N3. The second-order valence-electron chi connectivity index (χ2n) is 2.70. The van der Waals surface area contributed by atoms with Crippen LogP contribution in [0.4, 0.5) is 0 Å². The van der Waals surface area contributed by atoms with Crippen LogP contribution in [0, 0.1) is 0 Å². The molecular weight excluding hydrogens is 174 g/mol. The molecule has 0 saturated heterocycles.